The van der Waals surface area contributed by atoms with Crippen molar-refractivity contribution in [2.75, 3.05) is 18.4 Å². The van der Waals surface area contributed by atoms with Gasteiger partial charge in [0.15, 0.2) is 0 Å². The maximum absolute atomic E-state index is 13.0. The lowest BCUT2D eigenvalue weighted by atomic mass is 10.1. The third-order valence-corrected chi connectivity index (χ3v) is 6.28. The molecule has 0 bridgehead atoms. The molecule has 1 aliphatic rings. The number of aryl methyl sites for hydroxylation is 1. The van der Waals surface area contributed by atoms with Gasteiger partial charge in [-0.2, -0.15) is 4.31 Å². The van der Waals surface area contributed by atoms with Crippen LogP contribution in [0.3, 0.4) is 0 Å². The van der Waals surface area contributed by atoms with E-state index in [1.54, 1.807) is 22.6 Å². The van der Waals surface area contributed by atoms with Gasteiger partial charge in [-0.25, -0.2) is 13.4 Å². The van der Waals surface area contributed by atoms with Gasteiger partial charge in [0.2, 0.25) is 10.0 Å². The molecular formula is C18H23N3O2S. The summed E-state index contributed by atoms with van der Waals surface area (Å²) in [6, 6.07) is 10.8. The van der Waals surface area contributed by atoms with E-state index in [0.717, 1.165) is 36.3 Å². The van der Waals surface area contributed by atoms with Gasteiger partial charge >= 0.3 is 0 Å². The quantitative estimate of drug-likeness (QED) is 0.903. The fraction of sp³-hybridized carbons (Fsp3) is 0.389. The van der Waals surface area contributed by atoms with Gasteiger partial charge in [0.25, 0.3) is 0 Å². The molecule has 0 unspecified atom stereocenters. The Morgan fingerprint density at radius 2 is 1.96 bits per heavy atom. The summed E-state index contributed by atoms with van der Waals surface area (Å²) in [7, 11) is -3.48. The largest absolute Gasteiger partial charge is 0.370 e. The van der Waals surface area contributed by atoms with Gasteiger partial charge in [0, 0.05) is 19.3 Å². The van der Waals surface area contributed by atoms with E-state index < -0.39 is 10.0 Å². The first-order chi connectivity index (χ1) is 11.5. The molecule has 0 aliphatic carbocycles. The van der Waals surface area contributed by atoms with Crippen molar-refractivity contribution in [1.29, 1.82) is 0 Å². The number of pyridine rings is 1. The van der Waals surface area contributed by atoms with E-state index in [4.69, 9.17) is 0 Å². The summed E-state index contributed by atoms with van der Waals surface area (Å²) in [5.41, 5.74) is 2.00. The molecule has 1 aliphatic heterocycles. The molecule has 1 N–H and O–H groups in total. The molecule has 128 valence electrons. The van der Waals surface area contributed by atoms with E-state index in [0.29, 0.717) is 11.4 Å². The summed E-state index contributed by atoms with van der Waals surface area (Å²) < 4.78 is 27.6. The molecule has 0 amide bonds. The fourth-order valence-corrected chi connectivity index (χ4v) is 4.78. The van der Waals surface area contributed by atoms with Crippen molar-refractivity contribution < 1.29 is 8.42 Å². The summed E-state index contributed by atoms with van der Waals surface area (Å²) in [5.74, 6) is 0.812. The van der Waals surface area contributed by atoms with Crippen molar-refractivity contribution in [3.05, 3.63) is 53.7 Å². The Balaban J connectivity index is 1.88. The normalized spacial score (nSPS) is 18.7. The van der Waals surface area contributed by atoms with Crippen molar-refractivity contribution in [3.63, 3.8) is 0 Å². The van der Waals surface area contributed by atoms with Crippen molar-refractivity contribution >= 4 is 15.8 Å². The van der Waals surface area contributed by atoms with Gasteiger partial charge < -0.3 is 5.32 Å². The smallest absolute Gasteiger partial charge is 0.243 e. The highest BCUT2D eigenvalue weighted by atomic mass is 32.2. The molecule has 0 saturated carbocycles. The Bertz CT molecular complexity index is 786. The van der Waals surface area contributed by atoms with Crippen LogP contribution in [-0.2, 0) is 10.0 Å². The fourth-order valence-electron chi connectivity index (χ4n) is 3.09. The van der Waals surface area contributed by atoms with Crippen LogP contribution in [0.1, 0.15) is 36.9 Å². The average molecular weight is 345 g/mol. The Kier molecular flexibility index (Phi) is 4.87. The maximum Gasteiger partial charge on any atom is 0.243 e. The average Bonchev–Trinajstić information content (AvgIpc) is 3.07. The van der Waals surface area contributed by atoms with Crippen LogP contribution in [0.5, 0.6) is 0 Å². The molecule has 1 fully saturated rings. The molecule has 1 aromatic carbocycles. The highest BCUT2D eigenvalue weighted by Gasteiger charge is 2.36. The van der Waals surface area contributed by atoms with Crippen molar-refractivity contribution in [3.8, 4) is 0 Å². The molecule has 1 saturated heterocycles. The minimum Gasteiger partial charge on any atom is -0.370 e. The Morgan fingerprint density at radius 3 is 2.58 bits per heavy atom. The molecule has 6 heteroatoms. The number of nitrogens with one attached hydrogen (secondary N) is 1. The molecule has 2 aromatic rings. The number of hydrogen-bond acceptors (Lipinski definition) is 4. The first-order valence-corrected chi connectivity index (χ1v) is 9.74. The maximum atomic E-state index is 13.0. The first-order valence-electron chi connectivity index (χ1n) is 8.30. The van der Waals surface area contributed by atoms with Crippen molar-refractivity contribution in [1.82, 2.24) is 9.29 Å². The summed E-state index contributed by atoms with van der Waals surface area (Å²) >= 11 is 0. The molecule has 1 aromatic heterocycles. The molecule has 0 spiro atoms. The molecule has 5 nitrogen and oxygen atoms in total. The Hall–Kier alpha value is -1.92. The van der Waals surface area contributed by atoms with Crippen LogP contribution in [0.15, 0.2) is 47.5 Å². The molecular weight excluding hydrogens is 322 g/mol. The number of anilines is 1. The van der Waals surface area contributed by atoms with E-state index in [1.807, 2.05) is 38.1 Å². The van der Waals surface area contributed by atoms with Crippen molar-refractivity contribution in [2.45, 2.75) is 37.6 Å². The SMILES string of the molecule is CCNc1ccc([C@@H]2CCCN2S(=O)(=O)c2ccc(C)cc2)cn1. The van der Waals surface area contributed by atoms with Gasteiger partial charge in [0.1, 0.15) is 5.82 Å². The van der Waals surface area contributed by atoms with E-state index in [9.17, 15) is 8.42 Å². The third-order valence-electron chi connectivity index (χ3n) is 4.36. The summed E-state index contributed by atoms with van der Waals surface area (Å²) in [5, 5.41) is 3.15. The molecule has 1 atom stereocenters. The molecule has 2 heterocycles. The van der Waals surface area contributed by atoms with Crippen LogP contribution < -0.4 is 5.32 Å². The van der Waals surface area contributed by atoms with Crippen LogP contribution in [0, 0.1) is 6.92 Å². The van der Waals surface area contributed by atoms with Crippen LogP contribution in [0.2, 0.25) is 0 Å². The topological polar surface area (TPSA) is 62.3 Å². The first kappa shape index (κ1) is 16.9. The summed E-state index contributed by atoms with van der Waals surface area (Å²) in [6.45, 7) is 5.33. The zero-order valence-corrected chi connectivity index (χ0v) is 14.9. The van der Waals surface area contributed by atoms with Gasteiger partial charge in [-0.3, -0.25) is 0 Å². The molecule has 3 rings (SSSR count). The summed E-state index contributed by atoms with van der Waals surface area (Å²) in [4.78, 5) is 4.74. The highest BCUT2D eigenvalue weighted by Crippen LogP contribution is 2.36. The second-order valence-electron chi connectivity index (χ2n) is 6.09. The minimum atomic E-state index is -3.48. The lowest BCUT2D eigenvalue weighted by Crippen LogP contribution is -2.30. The van der Waals surface area contributed by atoms with E-state index in [1.165, 1.54) is 0 Å². The second kappa shape index (κ2) is 6.91. The van der Waals surface area contributed by atoms with Gasteiger partial charge in [-0.05, 0) is 50.5 Å². The molecule has 0 radical (unpaired) electrons. The Morgan fingerprint density at radius 1 is 1.21 bits per heavy atom. The van der Waals surface area contributed by atoms with E-state index in [2.05, 4.69) is 10.3 Å². The number of hydrogen-bond donors (Lipinski definition) is 1. The number of nitrogens with zero attached hydrogens (tertiary/aromatic N) is 2. The standard InChI is InChI=1S/C18H23N3O2S/c1-3-19-18-11-8-15(13-20-18)17-5-4-12-21(17)24(22,23)16-9-6-14(2)7-10-16/h6-11,13,17H,3-5,12H2,1-2H3,(H,19,20)/t17-/m0/s1. The predicted molar refractivity (Wildman–Crippen MR) is 95.4 cm³/mol. The van der Waals surface area contributed by atoms with E-state index in [-0.39, 0.29) is 6.04 Å². The minimum absolute atomic E-state index is 0.139. The van der Waals surface area contributed by atoms with Gasteiger partial charge in [-0.15, -0.1) is 0 Å². The molecule has 24 heavy (non-hydrogen) atoms. The monoisotopic (exact) mass is 345 g/mol. The van der Waals surface area contributed by atoms with E-state index >= 15 is 0 Å². The predicted octanol–water partition coefficient (Wildman–Crippen LogP) is 3.35. The number of sulfonamides is 1. The second-order valence-corrected chi connectivity index (χ2v) is 7.98. The number of rotatable bonds is 5. The van der Waals surface area contributed by atoms with Crippen LogP contribution in [0.25, 0.3) is 0 Å². The highest BCUT2D eigenvalue weighted by molar-refractivity contribution is 7.89. The van der Waals surface area contributed by atoms with Crippen LogP contribution in [-0.4, -0.2) is 30.8 Å². The third kappa shape index (κ3) is 3.30. The van der Waals surface area contributed by atoms with Crippen molar-refractivity contribution in [2.24, 2.45) is 0 Å². The van der Waals surface area contributed by atoms with Gasteiger partial charge in [-0.1, -0.05) is 23.8 Å². The Labute approximate surface area is 143 Å². The van der Waals surface area contributed by atoms with Crippen LogP contribution >= 0.6 is 0 Å². The lowest BCUT2D eigenvalue weighted by Gasteiger charge is -2.24. The number of aromatic nitrogens is 1. The summed E-state index contributed by atoms with van der Waals surface area (Å²) in [6.07, 6.45) is 3.48. The van der Waals surface area contributed by atoms with Gasteiger partial charge in [0.05, 0.1) is 10.9 Å². The zero-order chi connectivity index (χ0) is 17.2. The lowest BCUT2D eigenvalue weighted by molar-refractivity contribution is 0.396. The number of benzene rings is 1. The zero-order valence-electron chi connectivity index (χ0n) is 14.1. The van der Waals surface area contributed by atoms with Crippen LogP contribution in [0.4, 0.5) is 5.82 Å².